The van der Waals surface area contributed by atoms with Gasteiger partial charge in [0, 0.05) is 0 Å². The fourth-order valence-electron chi connectivity index (χ4n) is 1.96. The van der Waals surface area contributed by atoms with E-state index in [1.807, 2.05) is 6.08 Å². The van der Waals surface area contributed by atoms with E-state index in [4.69, 9.17) is 14.3 Å². The first-order valence-corrected chi connectivity index (χ1v) is 7.25. The zero-order valence-electron chi connectivity index (χ0n) is 12.2. The van der Waals surface area contributed by atoms with Crippen molar-refractivity contribution in [2.45, 2.75) is 44.9 Å². The van der Waals surface area contributed by atoms with Crippen molar-refractivity contribution in [3.8, 4) is 0 Å². The number of aromatic carboxylic acids is 1. The summed E-state index contributed by atoms with van der Waals surface area (Å²) in [5.41, 5.74) is -0.165. The van der Waals surface area contributed by atoms with Crippen LogP contribution in [-0.2, 0) is 4.74 Å². The molecular weight excluding hydrogens is 272 g/mol. The van der Waals surface area contributed by atoms with E-state index in [1.165, 1.54) is 31.6 Å². The highest BCUT2D eigenvalue weighted by Crippen LogP contribution is 2.13. The lowest BCUT2D eigenvalue weighted by molar-refractivity contribution is 0.0450. The average Bonchev–Trinajstić information content (AvgIpc) is 2.95. The maximum Gasteiger partial charge on any atom is 0.375 e. The molecule has 1 heterocycles. The number of furan rings is 1. The van der Waals surface area contributed by atoms with Crippen LogP contribution in [0, 0.1) is 0 Å². The van der Waals surface area contributed by atoms with Gasteiger partial charge in [-0.15, -0.1) is 6.58 Å². The van der Waals surface area contributed by atoms with Gasteiger partial charge in [-0.2, -0.15) is 0 Å². The van der Waals surface area contributed by atoms with Crippen LogP contribution < -0.4 is 0 Å². The third kappa shape index (κ3) is 6.29. The van der Waals surface area contributed by atoms with Crippen LogP contribution in [0.15, 0.2) is 29.4 Å². The van der Waals surface area contributed by atoms with Gasteiger partial charge in [0.25, 0.3) is 0 Å². The largest absolute Gasteiger partial charge is 0.478 e. The van der Waals surface area contributed by atoms with E-state index in [-0.39, 0.29) is 17.9 Å². The summed E-state index contributed by atoms with van der Waals surface area (Å²) in [6.45, 7) is 3.96. The molecule has 0 aliphatic carbocycles. The highest BCUT2D eigenvalue weighted by Gasteiger charge is 2.21. The highest BCUT2D eigenvalue weighted by molar-refractivity contribution is 6.00. The van der Waals surface area contributed by atoms with Gasteiger partial charge < -0.3 is 14.3 Å². The van der Waals surface area contributed by atoms with Crippen molar-refractivity contribution in [1.82, 2.24) is 0 Å². The van der Waals surface area contributed by atoms with Gasteiger partial charge in [-0.3, -0.25) is 0 Å². The zero-order valence-corrected chi connectivity index (χ0v) is 12.2. The fraction of sp³-hybridized carbons (Fsp3) is 0.500. The van der Waals surface area contributed by atoms with Crippen molar-refractivity contribution in [2.75, 3.05) is 6.61 Å². The second kappa shape index (κ2) is 9.80. The van der Waals surface area contributed by atoms with Crippen LogP contribution in [0.2, 0.25) is 0 Å². The third-order valence-electron chi connectivity index (χ3n) is 3.12. The zero-order chi connectivity index (χ0) is 15.5. The van der Waals surface area contributed by atoms with Gasteiger partial charge in [-0.25, -0.2) is 9.59 Å². The molecule has 5 heteroatoms. The highest BCUT2D eigenvalue weighted by atomic mass is 16.5. The molecule has 5 nitrogen and oxygen atoms in total. The maximum atomic E-state index is 11.6. The van der Waals surface area contributed by atoms with Crippen LogP contribution >= 0.6 is 0 Å². The van der Waals surface area contributed by atoms with Gasteiger partial charge in [0.15, 0.2) is 0 Å². The molecule has 0 atom stereocenters. The number of ether oxygens (including phenoxy) is 1. The van der Waals surface area contributed by atoms with E-state index >= 15 is 0 Å². The molecule has 0 spiro atoms. The molecule has 21 heavy (non-hydrogen) atoms. The molecule has 1 N–H and O–H groups in total. The summed E-state index contributed by atoms with van der Waals surface area (Å²) >= 11 is 0. The van der Waals surface area contributed by atoms with Crippen LogP contribution in [0.4, 0.5) is 0 Å². The van der Waals surface area contributed by atoms with Crippen LogP contribution in [0.3, 0.4) is 0 Å². The van der Waals surface area contributed by atoms with Crippen LogP contribution in [0.1, 0.15) is 65.9 Å². The topological polar surface area (TPSA) is 76.7 Å². The minimum Gasteiger partial charge on any atom is -0.478 e. The van der Waals surface area contributed by atoms with Gasteiger partial charge in [0.05, 0.1) is 12.9 Å². The standard InChI is InChI=1S/C16H22O5/c1-2-3-4-5-6-7-8-9-11-21-16(19)14-13(15(17)18)10-12-20-14/h2,10,12H,1,3-9,11H2,(H,17,18). The first kappa shape index (κ1) is 17.0. The summed E-state index contributed by atoms with van der Waals surface area (Å²) in [6.07, 6.45) is 10.6. The van der Waals surface area contributed by atoms with Crippen molar-refractivity contribution in [3.63, 3.8) is 0 Å². The predicted molar refractivity (Wildman–Crippen MR) is 78.5 cm³/mol. The number of rotatable bonds is 11. The SMILES string of the molecule is C=CCCCCCCCCOC(=O)c1occc1C(=O)O. The minimum absolute atomic E-state index is 0.165. The molecule has 0 saturated carbocycles. The molecule has 0 bridgehead atoms. The van der Waals surface area contributed by atoms with Crippen molar-refractivity contribution in [2.24, 2.45) is 0 Å². The molecule has 1 rings (SSSR count). The van der Waals surface area contributed by atoms with Crippen molar-refractivity contribution in [1.29, 1.82) is 0 Å². The summed E-state index contributed by atoms with van der Waals surface area (Å²) in [4.78, 5) is 22.5. The third-order valence-corrected chi connectivity index (χ3v) is 3.12. The molecule has 0 fully saturated rings. The Bertz CT molecular complexity index is 461. The Balaban J connectivity index is 2.12. The number of carbonyl (C=O) groups is 2. The normalized spacial score (nSPS) is 10.3. The predicted octanol–water partition coefficient (Wildman–Crippen LogP) is 4.05. The van der Waals surface area contributed by atoms with Crippen molar-refractivity contribution >= 4 is 11.9 Å². The Hall–Kier alpha value is -2.04. The Morgan fingerprint density at radius 1 is 1.19 bits per heavy atom. The Labute approximate surface area is 124 Å². The average molecular weight is 294 g/mol. The lowest BCUT2D eigenvalue weighted by atomic mass is 10.1. The summed E-state index contributed by atoms with van der Waals surface area (Å²) in [7, 11) is 0. The lowest BCUT2D eigenvalue weighted by Crippen LogP contribution is -2.10. The minimum atomic E-state index is -1.20. The molecular formula is C16H22O5. The van der Waals surface area contributed by atoms with Crippen LogP contribution in [0.5, 0.6) is 0 Å². The Morgan fingerprint density at radius 3 is 2.52 bits per heavy atom. The molecule has 0 radical (unpaired) electrons. The first-order valence-electron chi connectivity index (χ1n) is 7.25. The maximum absolute atomic E-state index is 11.6. The summed E-state index contributed by atoms with van der Waals surface area (Å²) in [5, 5.41) is 8.86. The number of carboxylic acid groups (broad SMARTS) is 1. The van der Waals surface area contributed by atoms with Crippen molar-refractivity contribution in [3.05, 3.63) is 36.3 Å². The van der Waals surface area contributed by atoms with Crippen LogP contribution in [0.25, 0.3) is 0 Å². The van der Waals surface area contributed by atoms with Gasteiger partial charge in [-0.1, -0.05) is 31.8 Å². The monoisotopic (exact) mass is 294 g/mol. The smallest absolute Gasteiger partial charge is 0.375 e. The van der Waals surface area contributed by atoms with Gasteiger partial charge in [0.2, 0.25) is 5.76 Å². The van der Waals surface area contributed by atoms with E-state index in [9.17, 15) is 9.59 Å². The molecule has 116 valence electrons. The van der Waals surface area contributed by atoms with Gasteiger partial charge in [-0.05, 0) is 25.3 Å². The van der Waals surface area contributed by atoms with E-state index < -0.39 is 11.9 Å². The number of carboxylic acids is 1. The van der Waals surface area contributed by atoms with E-state index in [0.717, 1.165) is 25.7 Å². The quantitative estimate of drug-likeness (QED) is 0.378. The number of hydrogen-bond acceptors (Lipinski definition) is 4. The molecule has 0 saturated heterocycles. The van der Waals surface area contributed by atoms with Crippen molar-refractivity contribution < 1.29 is 23.8 Å². The van der Waals surface area contributed by atoms with E-state index in [1.54, 1.807) is 0 Å². The molecule has 0 aliphatic heterocycles. The molecule has 0 unspecified atom stereocenters. The number of carbonyl (C=O) groups excluding carboxylic acids is 1. The Kier molecular flexibility index (Phi) is 7.94. The summed E-state index contributed by atoms with van der Waals surface area (Å²) in [5.74, 6) is -2.16. The van der Waals surface area contributed by atoms with Gasteiger partial charge >= 0.3 is 11.9 Å². The summed E-state index contributed by atoms with van der Waals surface area (Å²) < 4.78 is 9.87. The number of esters is 1. The fourth-order valence-corrected chi connectivity index (χ4v) is 1.96. The van der Waals surface area contributed by atoms with E-state index in [0.29, 0.717) is 0 Å². The first-order chi connectivity index (χ1) is 10.2. The molecule has 0 aliphatic rings. The molecule has 1 aromatic rings. The van der Waals surface area contributed by atoms with Gasteiger partial charge in [0.1, 0.15) is 5.56 Å². The molecule has 0 amide bonds. The number of allylic oxidation sites excluding steroid dienone is 1. The Morgan fingerprint density at radius 2 is 1.86 bits per heavy atom. The second-order valence-electron chi connectivity index (χ2n) is 4.80. The van der Waals surface area contributed by atoms with Crippen LogP contribution in [-0.4, -0.2) is 23.7 Å². The summed E-state index contributed by atoms with van der Waals surface area (Å²) in [6, 6.07) is 1.24. The lowest BCUT2D eigenvalue weighted by Gasteiger charge is -2.04. The molecule has 0 aromatic carbocycles. The number of hydrogen-bond donors (Lipinski definition) is 1. The second-order valence-corrected chi connectivity index (χ2v) is 4.80. The molecule has 1 aromatic heterocycles. The van der Waals surface area contributed by atoms with E-state index in [2.05, 4.69) is 6.58 Å². The number of unbranched alkanes of at least 4 members (excludes halogenated alkanes) is 6.